The molecule has 0 spiro atoms. The predicted molar refractivity (Wildman–Crippen MR) is 68.4 cm³/mol. The van der Waals surface area contributed by atoms with Gasteiger partial charge in [0.2, 0.25) is 0 Å². The van der Waals surface area contributed by atoms with Crippen LogP contribution < -0.4 is 5.73 Å². The third-order valence-corrected chi connectivity index (χ3v) is 3.74. The van der Waals surface area contributed by atoms with Gasteiger partial charge in [0, 0.05) is 12.1 Å². The maximum absolute atomic E-state index is 5.99. The highest BCUT2D eigenvalue weighted by Crippen LogP contribution is 2.24. The van der Waals surface area contributed by atoms with Crippen LogP contribution in [-0.4, -0.2) is 30.1 Å². The molecule has 1 heterocycles. The molecule has 2 rings (SSSR count). The van der Waals surface area contributed by atoms with Crippen molar-refractivity contribution in [3.05, 3.63) is 35.9 Å². The molecule has 1 aliphatic rings. The molecule has 88 valence electrons. The Balaban J connectivity index is 2.09. The Kier molecular flexibility index (Phi) is 3.62. The van der Waals surface area contributed by atoms with E-state index in [9.17, 15) is 0 Å². The Labute approximate surface area is 98.4 Å². The number of likely N-dealkylation sites (tertiary alicyclic amines) is 1. The summed E-state index contributed by atoms with van der Waals surface area (Å²) >= 11 is 0. The standard InChI is InChI=1S/C14H22N2/c1-14(12-15,16-9-5-6-10-16)11-13-7-3-2-4-8-13/h2-4,7-8H,5-6,9-12,15H2,1H3. The number of benzene rings is 1. The lowest BCUT2D eigenvalue weighted by atomic mass is 9.91. The molecular weight excluding hydrogens is 196 g/mol. The second-order valence-electron chi connectivity index (χ2n) is 5.06. The van der Waals surface area contributed by atoms with E-state index in [0.717, 1.165) is 13.0 Å². The Morgan fingerprint density at radius 1 is 1.19 bits per heavy atom. The van der Waals surface area contributed by atoms with Gasteiger partial charge >= 0.3 is 0 Å². The highest BCUT2D eigenvalue weighted by molar-refractivity contribution is 5.18. The molecule has 1 unspecified atom stereocenters. The number of rotatable bonds is 4. The molecule has 0 aliphatic carbocycles. The third-order valence-electron chi connectivity index (χ3n) is 3.74. The van der Waals surface area contributed by atoms with Gasteiger partial charge in [0.1, 0.15) is 0 Å². The lowest BCUT2D eigenvalue weighted by Crippen LogP contribution is -2.51. The van der Waals surface area contributed by atoms with Gasteiger partial charge in [-0.05, 0) is 44.8 Å². The molecule has 0 radical (unpaired) electrons. The van der Waals surface area contributed by atoms with Crippen LogP contribution in [0.15, 0.2) is 30.3 Å². The monoisotopic (exact) mass is 218 g/mol. The fourth-order valence-electron chi connectivity index (χ4n) is 2.61. The summed E-state index contributed by atoms with van der Waals surface area (Å²) in [7, 11) is 0. The summed E-state index contributed by atoms with van der Waals surface area (Å²) in [5, 5.41) is 0. The van der Waals surface area contributed by atoms with E-state index in [2.05, 4.69) is 42.2 Å². The van der Waals surface area contributed by atoms with Gasteiger partial charge in [0.15, 0.2) is 0 Å². The lowest BCUT2D eigenvalue weighted by molar-refractivity contribution is 0.143. The molecule has 2 nitrogen and oxygen atoms in total. The Morgan fingerprint density at radius 3 is 2.38 bits per heavy atom. The molecule has 1 atom stereocenters. The third kappa shape index (κ3) is 2.45. The molecule has 0 saturated carbocycles. The summed E-state index contributed by atoms with van der Waals surface area (Å²) in [6.45, 7) is 5.45. The van der Waals surface area contributed by atoms with Crippen molar-refractivity contribution < 1.29 is 0 Å². The molecule has 0 aromatic heterocycles. The minimum Gasteiger partial charge on any atom is -0.329 e. The van der Waals surface area contributed by atoms with Crippen LogP contribution in [0.5, 0.6) is 0 Å². The van der Waals surface area contributed by atoms with Crippen LogP contribution in [-0.2, 0) is 6.42 Å². The molecule has 1 aromatic carbocycles. The van der Waals surface area contributed by atoms with Gasteiger partial charge in [-0.2, -0.15) is 0 Å². The normalized spacial score (nSPS) is 20.9. The van der Waals surface area contributed by atoms with Crippen LogP contribution in [0.4, 0.5) is 0 Å². The summed E-state index contributed by atoms with van der Waals surface area (Å²) < 4.78 is 0. The topological polar surface area (TPSA) is 29.3 Å². The fraction of sp³-hybridized carbons (Fsp3) is 0.571. The predicted octanol–water partition coefficient (Wildman–Crippen LogP) is 2.04. The van der Waals surface area contributed by atoms with Crippen LogP contribution in [0.2, 0.25) is 0 Å². The average Bonchev–Trinajstić information content (AvgIpc) is 2.84. The van der Waals surface area contributed by atoms with E-state index >= 15 is 0 Å². The van der Waals surface area contributed by atoms with Crippen LogP contribution in [0.25, 0.3) is 0 Å². The fourth-order valence-corrected chi connectivity index (χ4v) is 2.61. The molecule has 0 bridgehead atoms. The van der Waals surface area contributed by atoms with Gasteiger partial charge in [-0.25, -0.2) is 0 Å². The summed E-state index contributed by atoms with van der Waals surface area (Å²) in [6.07, 6.45) is 3.71. The lowest BCUT2D eigenvalue weighted by Gasteiger charge is -2.38. The molecule has 1 aliphatic heterocycles. The molecule has 1 saturated heterocycles. The first-order valence-electron chi connectivity index (χ1n) is 6.24. The van der Waals surface area contributed by atoms with E-state index in [-0.39, 0.29) is 5.54 Å². The van der Waals surface area contributed by atoms with Crippen molar-refractivity contribution in [2.24, 2.45) is 5.73 Å². The van der Waals surface area contributed by atoms with E-state index in [4.69, 9.17) is 5.73 Å². The van der Waals surface area contributed by atoms with Gasteiger partial charge < -0.3 is 5.73 Å². The van der Waals surface area contributed by atoms with E-state index in [1.54, 1.807) is 0 Å². The number of hydrogen-bond donors (Lipinski definition) is 1. The molecule has 0 amide bonds. The Morgan fingerprint density at radius 2 is 1.81 bits per heavy atom. The van der Waals surface area contributed by atoms with Crippen LogP contribution in [0, 0.1) is 0 Å². The van der Waals surface area contributed by atoms with Crippen molar-refractivity contribution >= 4 is 0 Å². The van der Waals surface area contributed by atoms with Crippen molar-refractivity contribution in [1.29, 1.82) is 0 Å². The van der Waals surface area contributed by atoms with Crippen molar-refractivity contribution in [2.75, 3.05) is 19.6 Å². The van der Waals surface area contributed by atoms with Crippen LogP contribution >= 0.6 is 0 Å². The van der Waals surface area contributed by atoms with Gasteiger partial charge in [-0.15, -0.1) is 0 Å². The molecule has 16 heavy (non-hydrogen) atoms. The average molecular weight is 218 g/mol. The number of nitrogens with zero attached hydrogens (tertiary/aromatic N) is 1. The maximum atomic E-state index is 5.99. The second-order valence-corrected chi connectivity index (χ2v) is 5.06. The van der Waals surface area contributed by atoms with Crippen molar-refractivity contribution in [3.63, 3.8) is 0 Å². The molecule has 2 heteroatoms. The minimum atomic E-state index is 0.137. The van der Waals surface area contributed by atoms with E-state index in [1.807, 2.05) is 0 Å². The quantitative estimate of drug-likeness (QED) is 0.838. The zero-order valence-corrected chi connectivity index (χ0v) is 10.2. The summed E-state index contributed by atoms with van der Waals surface area (Å²) in [4.78, 5) is 2.56. The molecule has 2 N–H and O–H groups in total. The minimum absolute atomic E-state index is 0.137. The first kappa shape index (κ1) is 11.6. The summed E-state index contributed by atoms with van der Waals surface area (Å²) in [5.41, 5.74) is 7.52. The Bertz CT molecular complexity index is 317. The van der Waals surface area contributed by atoms with Crippen molar-refractivity contribution in [1.82, 2.24) is 4.90 Å². The maximum Gasteiger partial charge on any atom is 0.0343 e. The summed E-state index contributed by atoms with van der Waals surface area (Å²) in [5.74, 6) is 0. The molecular formula is C14H22N2. The SMILES string of the molecule is CC(CN)(Cc1ccccc1)N1CCCC1. The van der Waals surface area contributed by atoms with Crippen LogP contribution in [0.3, 0.4) is 0 Å². The first-order chi connectivity index (χ1) is 7.74. The first-order valence-corrected chi connectivity index (χ1v) is 6.24. The van der Waals surface area contributed by atoms with Gasteiger partial charge in [0.05, 0.1) is 0 Å². The largest absolute Gasteiger partial charge is 0.329 e. The second kappa shape index (κ2) is 4.98. The van der Waals surface area contributed by atoms with Crippen molar-refractivity contribution in [2.45, 2.75) is 31.7 Å². The molecule has 1 fully saturated rings. The van der Waals surface area contributed by atoms with Gasteiger partial charge in [-0.1, -0.05) is 30.3 Å². The smallest absolute Gasteiger partial charge is 0.0343 e. The highest BCUT2D eigenvalue weighted by Gasteiger charge is 2.32. The zero-order chi connectivity index (χ0) is 11.4. The van der Waals surface area contributed by atoms with Gasteiger partial charge in [0.25, 0.3) is 0 Å². The summed E-state index contributed by atoms with van der Waals surface area (Å²) in [6, 6.07) is 10.7. The highest BCUT2D eigenvalue weighted by atomic mass is 15.2. The van der Waals surface area contributed by atoms with Crippen LogP contribution in [0.1, 0.15) is 25.3 Å². The zero-order valence-electron chi connectivity index (χ0n) is 10.2. The van der Waals surface area contributed by atoms with Crippen molar-refractivity contribution in [3.8, 4) is 0 Å². The molecule has 1 aromatic rings. The number of nitrogens with two attached hydrogens (primary N) is 1. The van der Waals surface area contributed by atoms with Gasteiger partial charge in [-0.3, -0.25) is 4.90 Å². The van der Waals surface area contributed by atoms with E-state index in [0.29, 0.717) is 0 Å². The van der Waals surface area contributed by atoms with E-state index < -0.39 is 0 Å². The van der Waals surface area contributed by atoms with E-state index in [1.165, 1.54) is 31.5 Å². The number of hydrogen-bond acceptors (Lipinski definition) is 2. The Hall–Kier alpha value is -0.860.